The lowest BCUT2D eigenvalue weighted by Crippen LogP contribution is -2.38. The molecule has 0 aliphatic carbocycles. The molecule has 0 saturated carbocycles. The van der Waals surface area contributed by atoms with Crippen molar-refractivity contribution in [2.45, 2.75) is 12.5 Å². The molecule has 0 spiro atoms. The fourth-order valence-electron chi connectivity index (χ4n) is 2.08. The molecule has 0 saturated heterocycles. The fourth-order valence-corrected chi connectivity index (χ4v) is 2.08. The molecule has 0 fully saturated rings. The van der Waals surface area contributed by atoms with Gasteiger partial charge in [-0.05, 0) is 24.6 Å². The number of methoxy groups -OCH3 is 1. The first-order chi connectivity index (χ1) is 10.0. The van der Waals surface area contributed by atoms with Gasteiger partial charge in [0.25, 0.3) is 5.91 Å². The van der Waals surface area contributed by atoms with E-state index in [1.54, 1.807) is 31.2 Å². The lowest BCUT2D eigenvalue weighted by molar-refractivity contribution is 0.0525. The zero-order chi connectivity index (χ0) is 15.3. The fraction of sp³-hybridized carbons (Fsp3) is 0.235. The summed E-state index contributed by atoms with van der Waals surface area (Å²) in [5.74, 6) is 0.234. The molecule has 21 heavy (non-hydrogen) atoms. The largest absolute Gasteiger partial charge is 0.496 e. The zero-order valence-corrected chi connectivity index (χ0v) is 12.2. The molecule has 110 valence electrons. The predicted molar refractivity (Wildman–Crippen MR) is 81.3 cm³/mol. The van der Waals surface area contributed by atoms with Gasteiger partial charge in [0.2, 0.25) is 0 Å². The van der Waals surface area contributed by atoms with Gasteiger partial charge in [0.15, 0.2) is 0 Å². The van der Waals surface area contributed by atoms with Crippen molar-refractivity contribution in [3.63, 3.8) is 0 Å². The first kappa shape index (κ1) is 15.1. The maximum absolute atomic E-state index is 12.2. The maximum Gasteiger partial charge on any atom is 0.255 e. The molecule has 2 N–H and O–H groups in total. The summed E-state index contributed by atoms with van der Waals surface area (Å²) in [5, 5.41) is 13.2. The van der Waals surface area contributed by atoms with Gasteiger partial charge in [0, 0.05) is 0 Å². The normalized spacial score (nSPS) is 13.3. The maximum atomic E-state index is 12.2. The molecule has 4 heteroatoms. The van der Waals surface area contributed by atoms with Crippen LogP contribution in [0.3, 0.4) is 0 Å². The van der Waals surface area contributed by atoms with E-state index in [4.69, 9.17) is 4.74 Å². The Morgan fingerprint density at radius 2 is 1.76 bits per heavy atom. The third-order valence-electron chi connectivity index (χ3n) is 3.34. The third kappa shape index (κ3) is 3.61. The highest BCUT2D eigenvalue weighted by Gasteiger charge is 2.24. The van der Waals surface area contributed by atoms with Crippen molar-refractivity contribution < 1.29 is 14.6 Å². The van der Waals surface area contributed by atoms with E-state index in [0.29, 0.717) is 11.3 Å². The molecule has 0 aliphatic rings. The molecule has 1 amide bonds. The minimum Gasteiger partial charge on any atom is -0.496 e. The molecule has 0 aliphatic heterocycles. The number of amides is 1. The van der Waals surface area contributed by atoms with Gasteiger partial charge >= 0.3 is 0 Å². The monoisotopic (exact) mass is 285 g/mol. The molecular weight excluding hydrogens is 266 g/mol. The van der Waals surface area contributed by atoms with E-state index in [1.807, 2.05) is 30.3 Å². The van der Waals surface area contributed by atoms with Crippen molar-refractivity contribution in [1.82, 2.24) is 5.32 Å². The van der Waals surface area contributed by atoms with Crippen LogP contribution in [0, 0.1) is 0 Å². The van der Waals surface area contributed by atoms with Crippen molar-refractivity contribution in [1.29, 1.82) is 0 Å². The topological polar surface area (TPSA) is 58.6 Å². The van der Waals surface area contributed by atoms with Crippen molar-refractivity contribution in [3.05, 3.63) is 65.7 Å². The van der Waals surface area contributed by atoms with Gasteiger partial charge in [-0.2, -0.15) is 0 Å². The number of hydrogen-bond donors (Lipinski definition) is 2. The van der Waals surface area contributed by atoms with Gasteiger partial charge in [-0.3, -0.25) is 4.79 Å². The SMILES string of the molecule is COc1ccccc1C(=O)NCC(C)(O)c1ccccc1. The summed E-state index contributed by atoms with van der Waals surface area (Å²) in [7, 11) is 1.52. The van der Waals surface area contributed by atoms with Crippen molar-refractivity contribution in [3.8, 4) is 5.75 Å². The second-order valence-corrected chi connectivity index (χ2v) is 5.02. The Morgan fingerprint density at radius 3 is 2.43 bits per heavy atom. The first-order valence-corrected chi connectivity index (χ1v) is 6.74. The van der Waals surface area contributed by atoms with Crippen molar-refractivity contribution >= 4 is 5.91 Å². The van der Waals surface area contributed by atoms with E-state index >= 15 is 0 Å². The number of nitrogens with one attached hydrogen (secondary N) is 1. The van der Waals surface area contributed by atoms with Crippen molar-refractivity contribution in [2.24, 2.45) is 0 Å². The number of benzene rings is 2. The van der Waals surface area contributed by atoms with Gasteiger partial charge in [-0.1, -0.05) is 42.5 Å². The summed E-state index contributed by atoms with van der Waals surface area (Å²) in [4.78, 5) is 12.2. The Kier molecular flexibility index (Phi) is 4.60. The molecule has 0 heterocycles. The van der Waals surface area contributed by atoms with Gasteiger partial charge in [0.1, 0.15) is 11.4 Å². The van der Waals surface area contributed by atoms with Crippen LogP contribution in [-0.2, 0) is 5.60 Å². The lowest BCUT2D eigenvalue weighted by atomic mass is 9.96. The second kappa shape index (κ2) is 6.41. The molecule has 0 bridgehead atoms. The number of aliphatic hydroxyl groups is 1. The highest BCUT2D eigenvalue weighted by atomic mass is 16.5. The summed E-state index contributed by atoms with van der Waals surface area (Å²) in [6.07, 6.45) is 0. The Balaban J connectivity index is 2.07. The number of hydrogen-bond acceptors (Lipinski definition) is 3. The van der Waals surface area contributed by atoms with Crippen molar-refractivity contribution in [2.75, 3.05) is 13.7 Å². The van der Waals surface area contributed by atoms with E-state index in [-0.39, 0.29) is 12.5 Å². The molecule has 2 rings (SSSR count). The second-order valence-electron chi connectivity index (χ2n) is 5.02. The van der Waals surface area contributed by atoms with Gasteiger partial charge in [-0.15, -0.1) is 0 Å². The van der Waals surface area contributed by atoms with Gasteiger partial charge < -0.3 is 15.2 Å². The van der Waals surface area contributed by atoms with Crippen LogP contribution in [0.2, 0.25) is 0 Å². The summed E-state index contributed by atoms with van der Waals surface area (Å²) in [5.41, 5.74) is 0.0769. The number of para-hydroxylation sites is 1. The van der Waals surface area contributed by atoms with Crippen LogP contribution in [0.15, 0.2) is 54.6 Å². The first-order valence-electron chi connectivity index (χ1n) is 6.74. The Morgan fingerprint density at radius 1 is 1.14 bits per heavy atom. The van der Waals surface area contributed by atoms with Crippen LogP contribution in [0.1, 0.15) is 22.8 Å². The van der Waals surface area contributed by atoms with E-state index in [1.165, 1.54) is 7.11 Å². The highest BCUT2D eigenvalue weighted by Crippen LogP contribution is 2.20. The minimum absolute atomic E-state index is 0.119. The molecule has 4 nitrogen and oxygen atoms in total. The summed E-state index contributed by atoms with van der Waals surface area (Å²) in [6, 6.07) is 16.2. The van der Waals surface area contributed by atoms with E-state index < -0.39 is 5.60 Å². The Labute approximate surface area is 124 Å². The van der Waals surface area contributed by atoms with E-state index in [0.717, 1.165) is 5.56 Å². The predicted octanol–water partition coefficient (Wildman–Crippen LogP) is 2.33. The average molecular weight is 285 g/mol. The number of carbonyl (C=O) groups excluding carboxylic acids is 1. The smallest absolute Gasteiger partial charge is 0.255 e. The zero-order valence-electron chi connectivity index (χ0n) is 12.2. The van der Waals surface area contributed by atoms with Crippen LogP contribution in [0.4, 0.5) is 0 Å². The summed E-state index contributed by atoms with van der Waals surface area (Å²) >= 11 is 0. The molecule has 1 atom stereocenters. The quantitative estimate of drug-likeness (QED) is 0.886. The molecule has 2 aromatic rings. The van der Waals surface area contributed by atoms with Crippen LogP contribution in [0.5, 0.6) is 5.75 Å². The molecule has 2 aromatic carbocycles. The number of ether oxygens (including phenoxy) is 1. The Bertz CT molecular complexity index is 608. The van der Waals surface area contributed by atoms with Crippen LogP contribution in [-0.4, -0.2) is 24.7 Å². The minimum atomic E-state index is -1.13. The van der Waals surface area contributed by atoms with Crippen LogP contribution < -0.4 is 10.1 Å². The summed E-state index contributed by atoms with van der Waals surface area (Å²) < 4.78 is 5.16. The average Bonchev–Trinajstić information content (AvgIpc) is 2.53. The third-order valence-corrected chi connectivity index (χ3v) is 3.34. The Hall–Kier alpha value is -2.33. The molecule has 0 radical (unpaired) electrons. The number of carbonyl (C=O) groups is 1. The van der Waals surface area contributed by atoms with Crippen LogP contribution >= 0.6 is 0 Å². The highest BCUT2D eigenvalue weighted by molar-refractivity contribution is 5.96. The van der Waals surface area contributed by atoms with Crippen LogP contribution in [0.25, 0.3) is 0 Å². The summed E-state index contributed by atoms with van der Waals surface area (Å²) in [6.45, 7) is 1.79. The molecular formula is C17H19NO3. The molecule has 1 unspecified atom stereocenters. The van der Waals surface area contributed by atoms with E-state index in [2.05, 4.69) is 5.32 Å². The number of rotatable bonds is 5. The van der Waals surface area contributed by atoms with E-state index in [9.17, 15) is 9.90 Å². The molecule has 0 aromatic heterocycles. The van der Waals surface area contributed by atoms with Gasteiger partial charge in [0.05, 0.1) is 19.2 Å². The van der Waals surface area contributed by atoms with Gasteiger partial charge in [-0.25, -0.2) is 0 Å². The lowest BCUT2D eigenvalue weighted by Gasteiger charge is -2.24. The standard InChI is InChI=1S/C17H19NO3/c1-17(20,13-8-4-3-5-9-13)12-18-16(19)14-10-6-7-11-15(14)21-2/h3-11,20H,12H2,1-2H3,(H,18,19).